The van der Waals surface area contributed by atoms with Gasteiger partial charge in [0.15, 0.2) is 0 Å². The van der Waals surface area contributed by atoms with Gasteiger partial charge in [-0.1, -0.05) is 60.3 Å². The Morgan fingerprint density at radius 3 is 2.40 bits per heavy atom. The van der Waals surface area contributed by atoms with E-state index in [1.54, 1.807) is 30.3 Å². The monoisotopic (exact) mass is 483 g/mol. The van der Waals surface area contributed by atoms with Gasteiger partial charge in [-0.3, -0.25) is 14.5 Å². The van der Waals surface area contributed by atoms with Gasteiger partial charge in [0.25, 0.3) is 5.91 Å². The molecule has 1 aliphatic rings. The molecule has 0 radical (unpaired) electrons. The van der Waals surface area contributed by atoms with Crippen LogP contribution in [0.25, 0.3) is 0 Å². The molecule has 176 valence electrons. The Bertz CT molecular complexity index is 1300. The maximum atomic E-state index is 13.6. The molecule has 0 spiro atoms. The van der Waals surface area contributed by atoms with Gasteiger partial charge in [0.2, 0.25) is 5.91 Å². The molecule has 0 aliphatic carbocycles. The van der Waals surface area contributed by atoms with E-state index in [4.69, 9.17) is 4.74 Å². The van der Waals surface area contributed by atoms with Crippen LogP contribution in [-0.4, -0.2) is 23.7 Å². The molecule has 1 fully saturated rings. The van der Waals surface area contributed by atoms with Crippen LogP contribution in [-0.2, 0) is 16.0 Å². The van der Waals surface area contributed by atoms with Gasteiger partial charge in [-0.15, -0.1) is 0 Å². The number of hydrogen-bond donors (Lipinski definition) is 1. The lowest BCUT2D eigenvalue weighted by Crippen LogP contribution is -2.30. The summed E-state index contributed by atoms with van der Waals surface area (Å²) in [5.41, 5.74) is 2.98. The van der Waals surface area contributed by atoms with Gasteiger partial charge >= 0.3 is 0 Å². The molecule has 2 amide bonds. The van der Waals surface area contributed by atoms with Crippen LogP contribution in [0.4, 0.5) is 11.4 Å². The molecular weight excluding hydrogens is 458 g/mol. The largest absolute Gasteiger partial charge is 0.494 e. The van der Waals surface area contributed by atoms with E-state index in [1.165, 1.54) is 16.7 Å². The van der Waals surface area contributed by atoms with Crippen molar-refractivity contribution in [2.75, 3.05) is 16.8 Å². The Hall–Kier alpha value is -4.02. The number of aryl methyl sites for hydroxylation is 1. The summed E-state index contributed by atoms with van der Waals surface area (Å²) in [6, 6.07) is 26.2. The molecule has 1 N–H and O–H groups in total. The summed E-state index contributed by atoms with van der Waals surface area (Å²) in [5.74, 6) is -0.0393. The van der Waals surface area contributed by atoms with E-state index in [0.717, 1.165) is 11.1 Å². The maximum absolute atomic E-state index is 13.6. The molecule has 1 atom stereocenters. The van der Waals surface area contributed by atoms with Gasteiger partial charge in [-0.2, -0.15) is 5.26 Å². The Kier molecular flexibility index (Phi) is 7.54. The lowest BCUT2D eigenvalue weighted by Gasteiger charge is -2.19. The van der Waals surface area contributed by atoms with E-state index in [9.17, 15) is 14.9 Å². The second-order valence-corrected chi connectivity index (χ2v) is 9.15. The molecule has 4 rings (SSSR count). The van der Waals surface area contributed by atoms with Crippen molar-refractivity contribution >= 4 is 35.0 Å². The molecule has 1 aliphatic heterocycles. The zero-order valence-corrected chi connectivity index (χ0v) is 20.3. The minimum Gasteiger partial charge on any atom is -0.494 e. The molecule has 0 bridgehead atoms. The normalized spacial score (nSPS) is 16.5. The molecule has 3 aromatic carbocycles. The average molecular weight is 484 g/mol. The van der Waals surface area contributed by atoms with Gasteiger partial charge in [-0.05, 0) is 61.7 Å². The van der Waals surface area contributed by atoms with Crippen molar-refractivity contribution in [3.63, 3.8) is 0 Å². The van der Waals surface area contributed by atoms with Gasteiger partial charge in [0.1, 0.15) is 22.4 Å². The van der Waals surface area contributed by atoms with Gasteiger partial charge < -0.3 is 10.1 Å². The standard InChI is InChI=1S/C28H25N3O3S/c1-3-34-22-15-13-21(14-16-22)31-27(33)25(17-20-10-5-4-6-11-20)35-28(31)23(18-29)26(32)30-24-12-8-7-9-19(24)2/h4-16,25H,3,17H2,1-2H3,(H,30,32)/b28-23-. The Labute approximate surface area is 209 Å². The van der Waals surface area contributed by atoms with Crippen LogP contribution >= 0.6 is 11.8 Å². The predicted molar refractivity (Wildman–Crippen MR) is 139 cm³/mol. The summed E-state index contributed by atoms with van der Waals surface area (Å²) in [6.07, 6.45) is 0.486. The third kappa shape index (κ3) is 5.39. The smallest absolute Gasteiger partial charge is 0.269 e. The first-order chi connectivity index (χ1) is 17.0. The van der Waals surface area contributed by atoms with E-state index in [-0.39, 0.29) is 11.5 Å². The fourth-order valence-corrected chi connectivity index (χ4v) is 5.11. The second kappa shape index (κ2) is 10.9. The number of thioether (sulfide) groups is 1. The molecule has 7 heteroatoms. The summed E-state index contributed by atoms with van der Waals surface area (Å²) < 4.78 is 5.52. The molecule has 6 nitrogen and oxygen atoms in total. The van der Waals surface area contributed by atoms with Crippen LogP contribution in [0.2, 0.25) is 0 Å². The molecule has 1 heterocycles. The van der Waals surface area contributed by atoms with Crippen molar-refractivity contribution in [1.29, 1.82) is 5.26 Å². The van der Waals surface area contributed by atoms with Crippen LogP contribution in [0.3, 0.4) is 0 Å². The summed E-state index contributed by atoms with van der Waals surface area (Å²) >= 11 is 1.25. The zero-order chi connectivity index (χ0) is 24.8. The van der Waals surface area contributed by atoms with Crippen LogP contribution in [0.15, 0.2) is 89.5 Å². The Morgan fingerprint density at radius 2 is 1.74 bits per heavy atom. The number of ether oxygens (including phenoxy) is 1. The minimum absolute atomic E-state index is 0.101. The Morgan fingerprint density at radius 1 is 1.06 bits per heavy atom. The summed E-state index contributed by atoms with van der Waals surface area (Å²) in [5, 5.41) is 12.7. The predicted octanol–water partition coefficient (Wildman–Crippen LogP) is 5.46. The molecular formula is C28H25N3O3S. The third-order valence-corrected chi connectivity index (χ3v) is 6.83. The fraction of sp³-hybridized carbons (Fsp3) is 0.179. The van der Waals surface area contributed by atoms with Crippen molar-refractivity contribution in [2.45, 2.75) is 25.5 Å². The van der Waals surface area contributed by atoms with Crippen molar-refractivity contribution < 1.29 is 14.3 Å². The SMILES string of the molecule is CCOc1ccc(N2C(=O)C(Cc3ccccc3)S/C2=C(/C#N)C(=O)Nc2ccccc2C)cc1. The first-order valence-electron chi connectivity index (χ1n) is 11.3. The summed E-state index contributed by atoms with van der Waals surface area (Å²) in [7, 11) is 0. The molecule has 0 aromatic heterocycles. The van der Waals surface area contributed by atoms with E-state index in [1.807, 2.05) is 68.4 Å². The van der Waals surface area contributed by atoms with E-state index < -0.39 is 11.2 Å². The molecule has 1 saturated heterocycles. The summed E-state index contributed by atoms with van der Waals surface area (Å²) in [6.45, 7) is 4.31. The molecule has 0 saturated carbocycles. The first-order valence-corrected chi connectivity index (χ1v) is 12.2. The highest BCUT2D eigenvalue weighted by molar-refractivity contribution is 8.05. The molecule has 1 unspecified atom stereocenters. The number of nitrogens with one attached hydrogen (secondary N) is 1. The highest BCUT2D eigenvalue weighted by atomic mass is 32.2. The van der Waals surface area contributed by atoms with Crippen molar-refractivity contribution in [3.8, 4) is 11.8 Å². The minimum atomic E-state index is -0.548. The van der Waals surface area contributed by atoms with Gasteiger partial charge in [0.05, 0.1) is 11.9 Å². The van der Waals surface area contributed by atoms with Crippen LogP contribution in [0.1, 0.15) is 18.1 Å². The number of para-hydroxylation sites is 1. The van der Waals surface area contributed by atoms with Crippen molar-refractivity contribution in [3.05, 3.63) is 101 Å². The number of carbonyl (C=O) groups excluding carboxylic acids is 2. The van der Waals surface area contributed by atoms with Crippen molar-refractivity contribution in [2.24, 2.45) is 0 Å². The zero-order valence-electron chi connectivity index (χ0n) is 19.5. The number of hydrogen-bond acceptors (Lipinski definition) is 5. The number of amides is 2. The number of rotatable bonds is 7. The van der Waals surface area contributed by atoms with E-state index >= 15 is 0 Å². The topological polar surface area (TPSA) is 82.4 Å². The lowest BCUT2D eigenvalue weighted by molar-refractivity contribution is -0.117. The van der Waals surface area contributed by atoms with Crippen molar-refractivity contribution in [1.82, 2.24) is 0 Å². The molecule has 3 aromatic rings. The van der Waals surface area contributed by atoms with E-state index in [0.29, 0.717) is 35.2 Å². The number of nitriles is 1. The highest BCUT2D eigenvalue weighted by Gasteiger charge is 2.40. The van der Waals surface area contributed by atoms with Crippen LogP contribution in [0.5, 0.6) is 5.75 Å². The molecule has 35 heavy (non-hydrogen) atoms. The summed E-state index contributed by atoms with van der Waals surface area (Å²) in [4.78, 5) is 28.3. The van der Waals surface area contributed by atoms with Crippen LogP contribution < -0.4 is 15.0 Å². The van der Waals surface area contributed by atoms with Gasteiger partial charge in [0, 0.05) is 11.4 Å². The third-order valence-electron chi connectivity index (χ3n) is 5.57. The highest BCUT2D eigenvalue weighted by Crippen LogP contribution is 2.42. The quantitative estimate of drug-likeness (QED) is 0.357. The number of anilines is 2. The number of nitrogens with zero attached hydrogens (tertiary/aromatic N) is 2. The number of carbonyl (C=O) groups is 2. The average Bonchev–Trinajstić information content (AvgIpc) is 3.17. The number of benzene rings is 3. The first kappa shape index (κ1) is 24.1. The lowest BCUT2D eigenvalue weighted by atomic mass is 10.1. The Balaban J connectivity index is 1.72. The fourth-order valence-electron chi connectivity index (χ4n) is 3.81. The van der Waals surface area contributed by atoms with Crippen LogP contribution in [0, 0.1) is 18.3 Å². The maximum Gasteiger partial charge on any atom is 0.269 e. The van der Waals surface area contributed by atoms with E-state index in [2.05, 4.69) is 5.32 Å². The second-order valence-electron chi connectivity index (χ2n) is 7.96. The van der Waals surface area contributed by atoms with Gasteiger partial charge in [-0.25, -0.2) is 0 Å².